The molecule has 0 saturated carbocycles. The van der Waals surface area contributed by atoms with Crippen LogP contribution in [0.2, 0.25) is 0 Å². The molecule has 0 aliphatic carbocycles. The van der Waals surface area contributed by atoms with Gasteiger partial charge in [-0.25, -0.2) is 9.78 Å². The number of nitrogens with zero attached hydrogens (tertiary/aromatic N) is 2. The number of aliphatic carboxylic acids is 1. The quantitative estimate of drug-likeness (QED) is 0.127. The highest BCUT2D eigenvalue weighted by atomic mass is 16.4. The van der Waals surface area contributed by atoms with E-state index in [-0.39, 0.29) is 37.0 Å². The van der Waals surface area contributed by atoms with Crippen LogP contribution in [0.4, 0.5) is 0 Å². The molecule has 1 aliphatic heterocycles. The average Bonchev–Trinajstić information content (AvgIpc) is 3.81. The van der Waals surface area contributed by atoms with Crippen LogP contribution in [0, 0.1) is 11.8 Å². The van der Waals surface area contributed by atoms with E-state index in [4.69, 9.17) is 5.73 Å². The highest BCUT2D eigenvalue weighted by molar-refractivity contribution is 5.96. The van der Waals surface area contributed by atoms with E-state index in [0.29, 0.717) is 25.1 Å². The number of nitrogens with two attached hydrogens (primary N) is 1. The Morgan fingerprint density at radius 3 is 2.34 bits per heavy atom. The van der Waals surface area contributed by atoms with Crippen LogP contribution in [0.3, 0.4) is 0 Å². The number of carbonyl (C=O) groups is 5. The van der Waals surface area contributed by atoms with Gasteiger partial charge in [0, 0.05) is 48.4 Å². The number of fused-ring (bicyclic) bond motifs is 1. The van der Waals surface area contributed by atoms with E-state index >= 15 is 0 Å². The van der Waals surface area contributed by atoms with E-state index in [1.54, 1.807) is 6.20 Å². The van der Waals surface area contributed by atoms with Crippen molar-refractivity contribution in [3.8, 4) is 0 Å². The summed E-state index contributed by atoms with van der Waals surface area (Å²) in [5.41, 5.74) is 8.30. The third kappa shape index (κ3) is 8.97. The summed E-state index contributed by atoms with van der Waals surface area (Å²) in [6.45, 7) is 7.83. The smallest absolute Gasteiger partial charge is 0.326 e. The lowest BCUT2D eigenvalue weighted by atomic mass is 10.00. The Labute approximate surface area is 273 Å². The van der Waals surface area contributed by atoms with Crippen LogP contribution in [0.25, 0.3) is 10.9 Å². The largest absolute Gasteiger partial charge is 0.480 e. The van der Waals surface area contributed by atoms with Gasteiger partial charge in [0.2, 0.25) is 23.6 Å². The number of aromatic amines is 2. The number of likely N-dealkylation sites (tertiary alicyclic amines) is 1. The number of amides is 4. The molecule has 1 fully saturated rings. The summed E-state index contributed by atoms with van der Waals surface area (Å²) in [7, 11) is 0. The van der Waals surface area contributed by atoms with Gasteiger partial charge in [0.05, 0.1) is 12.4 Å². The van der Waals surface area contributed by atoms with Crippen molar-refractivity contribution >= 4 is 40.5 Å². The van der Waals surface area contributed by atoms with Gasteiger partial charge < -0.3 is 41.7 Å². The molecule has 4 rings (SSSR count). The van der Waals surface area contributed by atoms with Crippen LogP contribution in [0.1, 0.15) is 58.2 Å². The zero-order valence-electron chi connectivity index (χ0n) is 27.3. The molecule has 254 valence electrons. The Balaban J connectivity index is 1.56. The highest BCUT2D eigenvalue weighted by Gasteiger charge is 2.39. The number of para-hydroxylation sites is 1. The molecule has 0 radical (unpaired) electrons. The fraction of sp³-hybridized carbons (Fsp3) is 0.515. The summed E-state index contributed by atoms with van der Waals surface area (Å²) in [5.74, 6) is -3.46. The molecule has 1 aromatic carbocycles. The number of rotatable bonds is 15. The Hall–Kier alpha value is -4.72. The molecule has 0 unspecified atom stereocenters. The Bertz CT molecular complexity index is 1550. The number of carboxylic acids is 1. The average molecular weight is 651 g/mol. The van der Waals surface area contributed by atoms with E-state index in [2.05, 4.69) is 30.9 Å². The van der Waals surface area contributed by atoms with Crippen LogP contribution in [0.15, 0.2) is 43.0 Å². The van der Waals surface area contributed by atoms with Crippen molar-refractivity contribution in [1.82, 2.24) is 35.8 Å². The Morgan fingerprint density at radius 2 is 1.68 bits per heavy atom. The lowest BCUT2D eigenvalue weighted by Crippen LogP contribution is -2.59. The molecule has 14 heteroatoms. The first kappa shape index (κ1) is 35.1. The lowest BCUT2D eigenvalue weighted by molar-refractivity contribution is -0.142. The minimum absolute atomic E-state index is 0.0280. The molecule has 14 nitrogen and oxygen atoms in total. The van der Waals surface area contributed by atoms with Crippen molar-refractivity contribution in [3.63, 3.8) is 0 Å². The van der Waals surface area contributed by atoms with E-state index in [9.17, 15) is 29.1 Å². The third-order valence-corrected chi connectivity index (χ3v) is 8.51. The maximum atomic E-state index is 14.0. The molecule has 4 amide bonds. The topological polar surface area (TPSA) is 215 Å². The SMILES string of the molecule is CC(C)C[C@H](NC(=O)[C@H](Cc1c[nH]c2ccccc12)NC(=O)[C@@H]1CCCN1C(=O)[C@@H](N)C(C)C)C(=O)N[C@@H](Cc1cnc[nH]1)C(=O)O. The van der Waals surface area contributed by atoms with E-state index in [1.807, 2.05) is 52.0 Å². The summed E-state index contributed by atoms with van der Waals surface area (Å²) in [6, 6.07) is 2.56. The van der Waals surface area contributed by atoms with Gasteiger partial charge in [-0.2, -0.15) is 0 Å². The zero-order chi connectivity index (χ0) is 34.2. The number of carbonyl (C=O) groups excluding carboxylic acids is 4. The van der Waals surface area contributed by atoms with Crippen LogP contribution < -0.4 is 21.7 Å². The van der Waals surface area contributed by atoms with Crippen LogP contribution in [-0.4, -0.2) is 91.3 Å². The van der Waals surface area contributed by atoms with Crippen molar-refractivity contribution < 1.29 is 29.1 Å². The molecule has 3 heterocycles. The van der Waals surface area contributed by atoms with E-state index in [1.165, 1.54) is 17.4 Å². The van der Waals surface area contributed by atoms with Crippen LogP contribution in [0.5, 0.6) is 0 Å². The number of hydrogen-bond donors (Lipinski definition) is 7. The lowest BCUT2D eigenvalue weighted by Gasteiger charge is -2.30. The number of aromatic nitrogens is 3. The summed E-state index contributed by atoms with van der Waals surface area (Å²) >= 11 is 0. The zero-order valence-corrected chi connectivity index (χ0v) is 27.3. The van der Waals surface area contributed by atoms with Gasteiger partial charge >= 0.3 is 5.97 Å². The fourth-order valence-electron chi connectivity index (χ4n) is 5.84. The molecule has 5 atom stereocenters. The van der Waals surface area contributed by atoms with Crippen molar-refractivity contribution in [3.05, 3.63) is 54.2 Å². The first-order chi connectivity index (χ1) is 22.3. The van der Waals surface area contributed by atoms with Gasteiger partial charge in [0.25, 0.3) is 0 Å². The summed E-state index contributed by atoms with van der Waals surface area (Å²) in [6.07, 6.45) is 6.00. The second-order valence-corrected chi connectivity index (χ2v) is 13.0. The van der Waals surface area contributed by atoms with Gasteiger partial charge in [-0.3, -0.25) is 19.2 Å². The molecule has 47 heavy (non-hydrogen) atoms. The highest BCUT2D eigenvalue weighted by Crippen LogP contribution is 2.22. The van der Waals surface area contributed by atoms with Crippen molar-refractivity contribution in [2.45, 2.75) is 90.0 Å². The molecule has 0 spiro atoms. The van der Waals surface area contributed by atoms with Crippen molar-refractivity contribution in [1.29, 1.82) is 0 Å². The molecule has 8 N–H and O–H groups in total. The van der Waals surface area contributed by atoms with Crippen LogP contribution >= 0.6 is 0 Å². The Kier molecular flexibility index (Phi) is 11.8. The van der Waals surface area contributed by atoms with Gasteiger partial charge in [-0.1, -0.05) is 45.9 Å². The molecule has 1 aliphatic rings. The maximum absolute atomic E-state index is 14.0. The number of carboxylic acid groups (broad SMARTS) is 1. The standard InChI is InChI=1S/C33H46N8O6/c1-18(2)12-24(29(42)40-26(33(46)47)14-21-16-35-17-37-21)38-30(43)25(13-20-15-36-23-9-6-5-8-22(20)23)39-31(44)27-10-7-11-41(27)32(45)28(34)19(3)4/h5-6,8-9,15-19,24-28,36H,7,10-14,34H2,1-4H3,(H,35,37)(H,38,43)(H,39,44)(H,40,42)(H,46,47)/t24-,25-,26-,27-,28-/m0/s1. The minimum Gasteiger partial charge on any atom is -0.480 e. The van der Waals surface area contributed by atoms with Gasteiger partial charge in [0.1, 0.15) is 24.2 Å². The molecule has 3 aromatic rings. The molecule has 2 aromatic heterocycles. The first-order valence-corrected chi connectivity index (χ1v) is 16.1. The predicted octanol–water partition coefficient (Wildman–Crippen LogP) is 1.24. The second-order valence-electron chi connectivity index (χ2n) is 13.0. The van der Waals surface area contributed by atoms with Gasteiger partial charge in [0.15, 0.2) is 0 Å². The number of imidazole rings is 1. The number of H-pyrrole nitrogens is 2. The number of nitrogens with one attached hydrogen (secondary N) is 5. The summed E-state index contributed by atoms with van der Waals surface area (Å²) in [5, 5.41) is 18.9. The minimum atomic E-state index is -1.26. The third-order valence-electron chi connectivity index (χ3n) is 8.51. The first-order valence-electron chi connectivity index (χ1n) is 16.1. The van der Waals surface area contributed by atoms with E-state index in [0.717, 1.165) is 16.5 Å². The molecule has 1 saturated heterocycles. The maximum Gasteiger partial charge on any atom is 0.326 e. The van der Waals surface area contributed by atoms with Crippen LogP contribution in [-0.2, 0) is 36.8 Å². The van der Waals surface area contributed by atoms with E-state index < -0.39 is 53.9 Å². The molecule has 0 bridgehead atoms. The summed E-state index contributed by atoms with van der Waals surface area (Å²) in [4.78, 5) is 77.7. The molecular formula is C33H46N8O6. The molecular weight excluding hydrogens is 604 g/mol. The fourth-order valence-corrected chi connectivity index (χ4v) is 5.84. The Morgan fingerprint density at radius 1 is 0.979 bits per heavy atom. The normalized spacial score (nSPS) is 17.3. The van der Waals surface area contributed by atoms with Gasteiger partial charge in [-0.05, 0) is 42.7 Å². The van der Waals surface area contributed by atoms with Crippen molar-refractivity contribution in [2.24, 2.45) is 17.6 Å². The predicted molar refractivity (Wildman–Crippen MR) is 175 cm³/mol. The summed E-state index contributed by atoms with van der Waals surface area (Å²) < 4.78 is 0. The van der Waals surface area contributed by atoms with Gasteiger partial charge in [-0.15, -0.1) is 0 Å². The van der Waals surface area contributed by atoms with Crippen molar-refractivity contribution in [2.75, 3.05) is 6.54 Å². The monoisotopic (exact) mass is 650 g/mol. The second kappa shape index (κ2) is 15.7. The number of benzene rings is 1. The number of hydrogen-bond acceptors (Lipinski definition) is 7.